The molecule has 35 heavy (non-hydrogen) atoms. The summed E-state index contributed by atoms with van der Waals surface area (Å²) in [6.45, 7) is 3.84. The minimum Gasteiger partial charge on any atom is -0.383 e. The number of anilines is 3. The van der Waals surface area contributed by atoms with E-state index in [0.29, 0.717) is 24.8 Å². The third kappa shape index (κ3) is 6.11. The van der Waals surface area contributed by atoms with Gasteiger partial charge < -0.3 is 20.1 Å². The van der Waals surface area contributed by atoms with Crippen molar-refractivity contribution in [2.75, 3.05) is 51.2 Å². The molecule has 1 aliphatic rings. The maximum absolute atomic E-state index is 6.81. The van der Waals surface area contributed by atoms with Crippen molar-refractivity contribution < 1.29 is 9.47 Å². The van der Waals surface area contributed by atoms with Crippen LogP contribution in [0.15, 0.2) is 59.8 Å². The average molecular weight is 491 g/mol. The molecule has 9 heteroatoms. The Labute approximate surface area is 210 Å². The Morgan fingerprint density at radius 3 is 2.54 bits per heavy atom. The molecule has 0 saturated carbocycles. The number of aromatic nitrogens is 2. The number of thioether (sulfide) groups is 1. The number of fused-ring (bicyclic) bond motifs is 1. The fourth-order valence-electron chi connectivity index (χ4n) is 3.79. The lowest BCUT2D eigenvalue weighted by Crippen LogP contribution is -2.38. The van der Waals surface area contributed by atoms with Crippen LogP contribution in [0, 0.1) is 12.3 Å². The van der Waals surface area contributed by atoms with Crippen molar-refractivity contribution in [3.05, 3.63) is 71.5 Å². The first-order valence-corrected chi connectivity index (χ1v) is 12.1. The third-order valence-electron chi connectivity index (χ3n) is 5.68. The monoisotopic (exact) mass is 490 g/mol. The summed E-state index contributed by atoms with van der Waals surface area (Å²) in [7, 11) is 3.43. The van der Waals surface area contributed by atoms with E-state index in [1.54, 1.807) is 14.2 Å². The molecule has 4 rings (SSSR count). The molecule has 1 aromatic heterocycles. The maximum atomic E-state index is 6.81. The zero-order valence-corrected chi connectivity index (χ0v) is 20.8. The molecular weight excluding hydrogens is 460 g/mol. The number of nitrogens with two attached hydrogens (primary N) is 1. The first-order chi connectivity index (χ1) is 17.0. The number of methoxy groups -OCH3 is 2. The Bertz CT molecular complexity index is 1180. The van der Waals surface area contributed by atoms with Gasteiger partial charge in [-0.2, -0.15) is 0 Å². The molecule has 182 valence electrons. The fraction of sp³-hybridized carbons (Fsp3) is 0.308. The van der Waals surface area contributed by atoms with Crippen LogP contribution < -0.4 is 16.4 Å². The molecular formula is C26H30N6O2S. The topological polar surface area (TPSA) is 97.6 Å². The minimum atomic E-state index is -0.861. The number of nitrogens with zero attached hydrogens (tertiary/aromatic N) is 3. The van der Waals surface area contributed by atoms with Gasteiger partial charge in [-0.05, 0) is 23.8 Å². The van der Waals surface area contributed by atoms with Gasteiger partial charge >= 0.3 is 0 Å². The smallest absolute Gasteiger partial charge is 0.167 e. The van der Waals surface area contributed by atoms with Crippen LogP contribution in [0.2, 0.25) is 0 Å². The Balaban J connectivity index is 1.48. The van der Waals surface area contributed by atoms with Gasteiger partial charge in [0.25, 0.3) is 0 Å². The van der Waals surface area contributed by atoms with E-state index in [1.807, 2.05) is 24.3 Å². The largest absolute Gasteiger partial charge is 0.383 e. The second kappa shape index (κ2) is 11.5. The van der Waals surface area contributed by atoms with E-state index in [1.165, 1.54) is 23.7 Å². The van der Waals surface area contributed by atoms with Crippen LogP contribution in [-0.2, 0) is 21.0 Å². The molecule has 0 fully saturated rings. The minimum absolute atomic E-state index is 0.678. The number of rotatable bonds is 11. The van der Waals surface area contributed by atoms with E-state index in [2.05, 4.69) is 55.7 Å². The number of nitrogens with one attached hydrogen (secondary N) is 2. The van der Waals surface area contributed by atoms with Crippen LogP contribution in [0.1, 0.15) is 16.7 Å². The predicted octanol–water partition coefficient (Wildman–Crippen LogP) is 3.58. The molecule has 1 atom stereocenters. The highest BCUT2D eigenvalue weighted by Gasteiger charge is 2.38. The van der Waals surface area contributed by atoms with E-state index in [0.717, 1.165) is 41.3 Å². The summed E-state index contributed by atoms with van der Waals surface area (Å²) < 4.78 is 10.5. The quantitative estimate of drug-likeness (QED) is 0.348. The van der Waals surface area contributed by atoms with Crippen LogP contribution in [-0.4, -0.2) is 55.4 Å². The van der Waals surface area contributed by atoms with Gasteiger partial charge in [0.2, 0.25) is 0 Å². The zero-order chi connectivity index (χ0) is 24.7. The third-order valence-corrected chi connectivity index (χ3v) is 6.93. The van der Waals surface area contributed by atoms with Crippen LogP contribution in [0.3, 0.4) is 0 Å². The summed E-state index contributed by atoms with van der Waals surface area (Å²) >= 11 is 1.48. The van der Waals surface area contributed by atoms with E-state index in [4.69, 9.17) is 21.6 Å². The summed E-state index contributed by atoms with van der Waals surface area (Å²) in [5.74, 6) is 4.02. The summed E-state index contributed by atoms with van der Waals surface area (Å²) in [6.07, 6.45) is 7.05. The standard InChI is InChI=1S/C26H30N6O2S/c1-4-19-6-5-7-22(16-19)30-24-23-25(29-18-28-24)31-26(27,35-23)21-10-8-20(9-11-21)17-32(12-14-33-2)13-15-34-3/h1,5-11,16,18H,12-15,17,27H2,2-3H3,(H2,28,29,30,31). The molecule has 4 N–H and O–H groups in total. The molecule has 0 aliphatic carbocycles. The SMILES string of the molecule is C#Cc1cccc(Nc2ncnc3c2SC(N)(c2ccc(CN(CCOC)CCOC)cc2)N3)c1. The van der Waals surface area contributed by atoms with Crippen molar-refractivity contribution in [1.82, 2.24) is 14.9 Å². The molecule has 3 aromatic rings. The molecule has 0 spiro atoms. The van der Waals surface area contributed by atoms with Gasteiger partial charge in [-0.1, -0.05) is 48.0 Å². The normalized spacial score (nSPS) is 16.5. The Morgan fingerprint density at radius 1 is 1.11 bits per heavy atom. The van der Waals surface area contributed by atoms with Crippen molar-refractivity contribution in [3.8, 4) is 12.3 Å². The van der Waals surface area contributed by atoms with Crippen molar-refractivity contribution >= 4 is 29.1 Å². The van der Waals surface area contributed by atoms with Gasteiger partial charge in [-0.3, -0.25) is 10.6 Å². The van der Waals surface area contributed by atoms with Gasteiger partial charge in [0.05, 0.1) is 18.1 Å². The summed E-state index contributed by atoms with van der Waals surface area (Å²) in [5.41, 5.74) is 10.6. The Morgan fingerprint density at radius 2 is 1.86 bits per heavy atom. The number of hydrogen-bond acceptors (Lipinski definition) is 9. The fourth-order valence-corrected chi connectivity index (χ4v) is 4.92. The van der Waals surface area contributed by atoms with Crippen molar-refractivity contribution in [2.24, 2.45) is 5.73 Å². The molecule has 1 unspecified atom stereocenters. The lowest BCUT2D eigenvalue weighted by atomic mass is 10.1. The van der Waals surface area contributed by atoms with E-state index in [-0.39, 0.29) is 0 Å². The summed E-state index contributed by atoms with van der Waals surface area (Å²) in [4.78, 5) is 11.1. The molecule has 1 aliphatic heterocycles. The van der Waals surface area contributed by atoms with Crippen LogP contribution in [0.4, 0.5) is 17.3 Å². The molecule has 0 saturated heterocycles. The zero-order valence-electron chi connectivity index (χ0n) is 20.0. The maximum Gasteiger partial charge on any atom is 0.167 e. The van der Waals surface area contributed by atoms with Crippen molar-refractivity contribution in [3.63, 3.8) is 0 Å². The number of benzene rings is 2. The Kier molecular flexibility index (Phi) is 8.23. The summed E-state index contributed by atoms with van der Waals surface area (Å²) in [6, 6.07) is 16.0. The first kappa shape index (κ1) is 25.0. The molecule has 2 aromatic carbocycles. The second-order valence-corrected chi connectivity index (χ2v) is 9.43. The summed E-state index contributed by atoms with van der Waals surface area (Å²) in [5, 5.41) is 6.71. The van der Waals surface area contributed by atoms with Gasteiger partial charge in [0.1, 0.15) is 18.0 Å². The lowest BCUT2D eigenvalue weighted by Gasteiger charge is -2.25. The molecule has 0 radical (unpaired) electrons. The molecule has 2 heterocycles. The molecule has 0 amide bonds. The molecule has 8 nitrogen and oxygen atoms in total. The lowest BCUT2D eigenvalue weighted by molar-refractivity contribution is 0.110. The van der Waals surface area contributed by atoms with E-state index < -0.39 is 4.99 Å². The highest BCUT2D eigenvalue weighted by molar-refractivity contribution is 8.01. The van der Waals surface area contributed by atoms with Crippen LogP contribution >= 0.6 is 11.8 Å². The van der Waals surface area contributed by atoms with E-state index >= 15 is 0 Å². The van der Waals surface area contributed by atoms with Crippen LogP contribution in [0.25, 0.3) is 0 Å². The van der Waals surface area contributed by atoms with Crippen LogP contribution in [0.5, 0.6) is 0 Å². The highest BCUT2D eigenvalue weighted by Crippen LogP contribution is 2.49. The van der Waals surface area contributed by atoms with Gasteiger partial charge in [-0.25, -0.2) is 9.97 Å². The highest BCUT2D eigenvalue weighted by atomic mass is 32.2. The number of ether oxygens (including phenoxy) is 2. The van der Waals surface area contributed by atoms with Gasteiger partial charge in [0.15, 0.2) is 4.99 Å². The number of hydrogen-bond donors (Lipinski definition) is 3. The average Bonchev–Trinajstić information content (AvgIpc) is 3.24. The Hall–Kier alpha value is -3.13. The predicted molar refractivity (Wildman–Crippen MR) is 141 cm³/mol. The first-order valence-electron chi connectivity index (χ1n) is 11.3. The van der Waals surface area contributed by atoms with Gasteiger partial charge in [-0.15, -0.1) is 6.42 Å². The van der Waals surface area contributed by atoms with Crippen molar-refractivity contribution in [2.45, 2.75) is 16.4 Å². The second-order valence-electron chi connectivity index (χ2n) is 8.17. The molecule has 0 bridgehead atoms. The van der Waals surface area contributed by atoms with E-state index in [9.17, 15) is 0 Å². The van der Waals surface area contributed by atoms with Gasteiger partial charge in [0, 0.05) is 50.7 Å². The van der Waals surface area contributed by atoms with Crippen molar-refractivity contribution in [1.29, 1.82) is 0 Å². The number of terminal acetylenes is 1.